The number of aliphatic imine (C=N–C) groups is 1. The average Bonchev–Trinajstić information content (AvgIpc) is 3.22. The van der Waals surface area contributed by atoms with E-state index in [9.17, 15) is 4.79 Å². The topological polar surface area (TPSA) is 64.9 Å². The van der Waals surface area contributed by atoms with E-state index in [-0.39, 0.29) is 35.9 Å². The summed E-state index contributed by atoms with van der Waals surface area (Å²) in [6, 6.07) is 1.87. The molecule has 29 heavy (non-hydrogen) atoms. The number of amides is 1. The summed E-state index contributed by atoms with van der Waals surface area (Å²) >= 11 is 12.2. The van der Waals surface area contributed by atoms with Crippen molar-refractivity contribution in [1.29, 1.82) is 0 Å². The van der Waals surface area contributed by atoms with Crippen LogP contribution in [0.2, 0.25) is 10.2 Å². The molecule has 2 rings (SSSR count). The molecule has 2 heterocycles. The first kappa shape index (κ1) is 26.3. The molecule has 2 N–H and O–H groups in total. The zero-order chi connectivity index (χ0) is 20.7. The number of likely N-dealkylation sites (tertiary alicyclic amines) is 1. The lowest BCUT2D eigenvalue weighted by Crippen LogP contribution is -2.44. The van der Waals surface area contributed by atoms with E-state index in [1.807, 2.05) is 38.7 Å². The Morgan fingerprint density at radius 1 is 1.34 bits per heavy atom. The van der Waals surface area contributed by atoms with Gasteiger partial charge >= 0.3 is 0 Å². The van der Waals surface area contributed by atoms with Crippen molar-refractivity contribution in [3.8, 4) is 0 Å². The third-order valence-electron chi connectivity index (χ3n) is 4.96. The molecule has 7 nitrogen and oxygen atoms in total. The van der Waals surface area contributed by atoms with Crippen LogP contribution in [-0.4, -0.2) is 72.5 Å². The molecule has 0 saturated carbocycles. The van der Waals surface area contributed by atoms with Gasteiger partial charge in [-0.3, -0.25) is 9.69 Å². The molecule has 1 aromatic rings. The Morgan fingerprint density at radius 3 is 2.66 bits per heavy atom. The first-order chi connectivity index (χ1) is 13.3. The van der Waals surface area contributed by atoms with E-state index in [1.54, 1.807) is 4.90 Å². The van der Waals surface area contributed by atoms with E-state index >= 15 is 0 Å². The standard InChI is InChI=1S/C19H32Cl2N6O.HI/c1-5-22-19(24-13-14-12-15(20)17(21)26(14)4)23-9-7-11-27-10-6-8-16(27)18(28)25(2)3;/h12,16H,5-11,13H2,1-4H3,(H2,22,23,24);1H. The van der Waals surface area contributed by atoms with Gasteiger partial charge in [-0.25, -0.2) is 4.99 Å². The molecule has 0 aliphatic carbocycles. The van der Waals surface area contributed by atoms with Crippen LogP contribution >= 0.6 is 47.2 Å². The fourth-order valence-electron chi connectivity index (χ4n) is 3.40. The van der Waals surface area contributed by atoms with Gasteiger partial charge in [0.2, 0.25) is 5.91 Å². The number of carbonyl (C=O) groups is 1. The second-order valence-electron chi connectivity index (χ2n) is 7.24. The molecule has 0 aromatic carbocycles. The molecule has 1 aliphatic rings. The van der Waals surface area contributed by atoms with Gasteiger partial charge in [-0.15, -0.1) is 24.0 Å². The monoisotopic (exact) mass is 558 g/mol. The fraction of sp³-hybridized carbons (Fsp3) is 0.684. The lowest BCUT2D eigenvalue weighted by molar-refractivity contribution is -0.133. The van der Waals surface area contributed by atoms with Gasteiger partial charge < -0.3 is 20.1 Å². The summed E-state index contributed by atoms with van der Waals surface area (Å²) in [7, 11) is 5.53. The van der Waals surface area contributed by atoms with Crippen molar-refractivity contribution in [1.82, 2.24) is 25.0 Å². The first-order valence-electron chi connectivity index (χ1n) is 9.82. The smallest absolute Gasteiger partial charge is 0.239 e. The summed E-state index contributed by atoms with van der Waals surface area (Å²) in [5.41, 5.74) is 0.953. The summed E-state index contributed by atoms with van der Waals surface area (Å²) < 4.78 is 1.84. The van der Waals surface area contributed by atoms with Gasteiger partial charge in [0.1, 0.15) is 5.15 Å². The largest absolute Gasteiger partial charge is 0.357 e. The van der Waals surface area contributed by atoms with Crippen LogP contribution in [-0.2, 0) is 18.4 Å². The molecule has 1 atom stereocenters. The van der Waals surface area contributed by atoms with Crippen LogP contribution in [0, 0.1) is 0 Å². The summed E-state index contributed by atoms with van der Waals surface area (Å²) in [6.07, 6.45) is 2.99. The van der Waals surface area contributed by atoms with E-state index in [2.05, 4.69) is 20.5 Å². The Morgan fingerprint density at radius 2 is 2.07 bits per heavy atom. The lowest BCUT2D eigenvalue weighted by atomic mass is 10.2. The maximum atomic E-state index is 12.3. The Kier molecular flexibility index (Phi) is 11.7. The lowest BCUT2D eigenvalue weighted by Gasteiger charge is -2.26. The second kappa shape index (κ2) is 12.9. The van der Waals surface area contributed by atoms with Crippen molar-refractivity contribution >= 4 is 59.0 Å². The number of carbonyl (C=O) groups excluding carboxylic acids is 1. The highest BCUT2D eigenvalue weighted by molar-refractivity contribution is 14.0. The zero-order valence-corrected chi connectivity index (χ0v) is 21.5. The molecule has 1 unspecified atom stereocenters. The average molecular weight is 559 g/mol. The van der Waals surface area contributed by atoms with Crippen molar-refractivity contribution in [2.45, 2.75) is 38.8 Å². The number of hydrogen-bond donors (Lipinski definition) is 2. The molecular weight excluding hydrogens is 526 g/mol. The van der Waals surface area contributed by atoms with Gasteiger partial charge in [0.05, 0.1) is 17.6 Å². The minimum atomic E-state index is 0. The van der Waals surface area contributed by atoms with E-state index in [0.717, 1.165) is 57.1 Å². The predicted molar refractivity (Wildman–Crippen MR) is 132 cm³/mol. The van der Waals surface area contributed by atoms with Gasteiger partial charge in [-0.05, 0) is 38.8 Å². The molecule has 166 valence electrons. The van der Waals surface area contributed by atoms with E-state index in [1.165, 1.54) is 0 Å². The maximum absolute atomic E-state index is 12.3. The summed E-state index contributed by atoms with van der Waals surface area (Å²) in [6.45, 7) is 6.00. The maximum Gasteiger partial charge on any atom is 0.239 e. The van der Waals surface area contributed by atoms with Crippen LogP contribution in [0.4, 0.5) is 0 Å². The number of rotatable bonds is 8. The van der Waals surface area contributed by atoms with Crippen molar-refractivity contribution in [3.05, 3.63) is 21.9 Å². The van der Waals surface area contributed by atoms with Crippen LogP contribution in [0.5, 0.6) is 0 Å². The zero-order valence-electron chi connectivity index (χ0n) is 17.7. The van der Waals surface area contributed by atoms with Crippen LogP contribution in [0.15, 0.2) is 11.1 Å². The molecule has 1 aromatic heterocycles. The van der Waals surface area contributed by atoms with Gasteiger partial charge in [0.15, 0.2) is 5.96 Å². The minimum absolute atomic E-state index is 0. The van der Waals surface area contributed by atoms with Crippen molar-refractivity contribution in [2.24, 2.45) is 12.0 Å². The minimum Gasteiger partial charge on any atom is -0.357 e. The third kappa shape index (κ3) is 7.48. The van der Waals surface area contributed by atoms with E-state index < -0.39 is 0 Å². The fourth-order valence-corrected chi connectivity index (χ4v) is 3.82. The molecule has 0 radical (unpaired) electrons. The molecule has 0 bridgehead atoms. The Hall–Kier alpha value is -0.710. The number of nitrogens with zero attached hydrogens (tertiary/aromatic N) is 4. The van der Waals surface area contributed by atoms with Crippen LogP contribution < -0.4 is 10.6 Å². The summed E-state index contributed by atoms with van der Waals surface area (Å²) in [4.78, 5) is 20.9. The second-order valence-corrected chi connectivity index (χ2v) is 8.00. The molecular formula is C19H33Cl2IN6O. The van der Waals surface area contributed by atoms with Gasteiger partial charge in [0.25, 0.3) is 0 Å². The number of aromatic nitrogens is 1. The molecule has 1 fully saturated rings. The first-order valence-corrected chi connectivity index (χ1v) is 10.6. The highest BCUT2D eigenvalue weighted by Gasteiger charge is 2.30. The molecule has 1 aliphatic heterocycles. The quantitative estimate of drug-likeness (QED) is 0.223. The SMILES string of the molecule is CCNC(=NCc1cc(Cl)c(Cl)n1C)NCCCN1CCCC1C(=O)N(C)C.I. The van der Waals surface area contributed by atoms with Gasteiger partial charge in [-0.1, -0.05) is 23.2 Å². The summed E-state index contributed by atoms with van der Waals surface area (Å²) in [5.74, 6) is 0.971. The molecule has 10 heteroatoms. The van der Waals surface area contributed by atoms with Crippen LogP contribution in [0.1, 0.15) is 31.9 Å². The normalized spacial score (nSPS) is 17.2. The highest BCUT2D eigenvalue weighted by Crippen LogP contribution is 2.25. The molecule has 1 saturated heterocycles. The van der Waals surface area contributed by atoms with Crippen molar-refractivity contribution in [3.63, 3.8) is 0 Å². The Labute approximate surface area is 201 Å². The number of guanidine groups is 1. The van der Waals surface area contributed by atoms with Gasteiger partial charge in [0, 0.05) is 46.5 Å². The van der Waals surface area contributed by atoms with Crippen LogP contribution in [0.25, 0.3) is 0 Å². The van der Waals surface area contributed by atoms with E-state index in [0.29, 0.717) is 16.7 Å². The van der Waals surface area contributed by atoms with E-state index in [4.69, 9.17) is 23.2 Å². The van der Waals surface area contributed by atoms with Crippen molar-refractivity contribution in [2.75, 3.05) is 40.3 Å². The van der Waals surface area contributed by atoms with Crippen molar-refractivity contribution < 1.29 is 4.79 Å². The third-order valence-corrected chi connectivity index (χ3v) is 5.81. The number of likely N-dealkylation sites (N-methyl/N-ethyl adjacent to an activating group) is 1. The molecule has 1 amide bonds. The summed E-state index contributed by atoms with van der Waals surface area (Å²) in [5, 5.41) is 7.68. The highest BCUT2D eigenvalue weighted by atomic mass is 127. The number of hydrogen-bond acceptors (Lipinski definition) is 3. The predicted octanol–water partition coefficient (Wildman–Crippen LogP) is 2.95. The number of nitrogens with one attached hydrogen (secondary N) is 2. The Bertz CT molecular complexity index is 694. The number of halogens is 3. The Balaban J connectivity index is 0.00000420. The van der Waals surface area contributed by atoms with Crippen LogP contribution in [0.3, 0.4) is 0 Å². The van der Waals surface area contributed by atoms with Gasteiger partial charge in [-0.2, -0.15) is 0 Å². The molecule has 0 spiro atoms.